The van der Waals surface area contributed by atoms with E-state index >= 15 is 0 Å². The lowest BCUT2D eigenvalue weighted by Crippen LogP contribution is -2.24. The summed E-state index contributed by atoms with van der Waals surface area (Å²) in [6.45, 7) is 18.7. The first-order valence-electron chi connectivity index (χ1n) is 9.05. The molecule has 28 heavy (non-hydrogen) atoms. The van der Waals surface area contributed by atoms with E-state index < -0.39 is 11.9 Å². The molecule has 6 nitrogen and oxygen atoms in total. The summed E-state index contributed by atoms with van der Waals surface area (Å²) in [6.07, 6.45) is 0. The minimum Gasteiger partial charge on any atom is -0.442 e. The van der Waals surface area contributed by atoms with Gasteiger partial charge in [-0.05, 0) is 22.5 Å². The van der Waals surface area contributed by atoms with E-state index in [0.717, 1.165) is 11.1 Å². The molecule has 0 saturated carbocycles. The zero-order chi connectivity index (χ0) is 21.4. The van der Waals surface area contributed by atoms with Gasteiger partial charge in [-0.2, -0.15) is 0 Å². The summed E-state index contributed by atoms with van der Waals surface area (Å²) in [7, 11) is 0. The predicted molar refractivity (Wildman–Crippen MR) is 105 cm³/mol. The molecule has 1 aromatic carbocycles. The summed E-state index contributed by atoms with van der Waals surface area (Å²) in [6, 6.07) is 3.94. The molecule has 6 heteroatoms. The molecule has 2 rings (SSSR count). The van der Waals surface area contributed by atoms with Gasteiger partial charge in [0.05, 0.1) is 0 Å². The lowest BCUT2D eigenvalue weighted by molar-refractivity contribution is -0.141. The lowest BCUT2D eigenvalue weighted by atomic mass is 9.80. The highest BCUT2D eigenvalue weighted by atomic mass is 16.7. The molecule has 0 radical (unpaired) electrons. The Balaban J connectivity index is 2.66. The smallest absolute Gasteiger partial charge is 0.341 e. The second kappa shape index (κ2) is 7.34. The highest BCUT2D eigenvalue weighted by Gasteiger charge is 2.34. The first-order valence-corrected chi connectivity index (χ1v) is 9.05. The van der Waals surface area contributed by atoms with E-state index in [1.54, 1.807) is 0 Å². The molecule has 1 aliphatic heterocycles. The maximum Gasteiger partial charge on any atom is 0.341 e. The molecule has 0 spiro atoms. The number of esters is 2. The van der Waals surface area contributed by atoms with Crippen LogP contribution in [0.15, 0.2) is 36.2 Å². The Morgan fingerprint density at radius 1 is 0.929 bits per heavy atom. The Hall–Kier alpha value is -2.76. The Labute approximate surface area is 166 Å². The summed E-state index contributed by atoms with van der Waals surface area (Å²) in [5.41, 5.74) is 1.56. The zero-order valence-corrected chi connectivity index (χ0v) is 17.8. The van der Waals surface area contributed by atoms with E-state index in [0.29, 0.717) is 11.5 Å². The molecule has 0 unspecified atom stereocenters. The molecular formula is C22H28O6. The molecule has 1 aromatic rings. The topological polar surface area (TPSA) is 71.1 Å². The number of hydrogen-bond donors (Lipinski definition) is 0. The van der Waals surface area contributed by atoms with Crippen molar-refractivity contribution in [1.82, 2.24) is 0 Å². The average molecular weight is 388 g/mol. The van der Waals surface area contributed by atoms with Gasteiger partial charge in [0.15, 0.2) is 17.3 Å². The van der Waals surface area contributed by atoms with Crippen molar-refractivity contribution in [2.24, 2.45) is 0 Å². The van der Waals surface area contributed by atoms with Gasteiger partial charge in [-0.15, -0.1) is 0 Å². The van der Waals surface area contributed by atoms with Crippen LogP contribution in [-0.4, -0.2) is 11.9 Å². The zero-order valence-electron chi connectivity index (χ0n) is 17.8. The number of hydrogen-bond acceptors (Lipinski definition) is 6. The molecule has 0 N–H and O–H groups in total. The quantitative estimate of drug-likeness (QED) is 0.544. The van der Waals surface area contributed by atoms with Gasteiger partial charge in [0.25, 0.3) is 5.76 Å². The van der Waals surface area contributed by atoms with Crippen molar-refractivity contribution < 1.29 is 28.5 Å². The van der Waals surface area contributed by atoms with E-state index in [1.165, 1.54) is 13.8 Å². The first kappa shape index (κ1) is 21.5. The van der Waals surface area contributed by atoms with Crippen molar-refractivity contribution >= 4 is 11.9 Å². The van der Waals surface area contributed by atoms with Gasteiger partial charge in [0.2, 0.25) is 0 Å². The highest BCUT2D eigenvalue weighted by molar-refractivity contribution is 5.69. The van der Waals surface area contributed by atoms with Gasteiger partial charge in [-0.1, -0.05) is 54.2 Å². The molecule has 0 aromatic heterocycles. The Kier molecular flexibility index (Phi) is 5.64. The van der Waals surface area contributed by atoms with Crippen LogP contribution in [0.2, 0.25) is 0 Å². The second-order valence-corrected chi connectivity index (χ2v) is 8.78. The monoisotopic (exact) mass is 388 g/mol. The van der Waals surface area contributed by atoms with Crippen molar-refractivity contribution in [2.45, 2.75) is 66.2 Å². The van der Waals surface area contributed by atoms with Crippen LogP contribution in [0.4, 0.5) is 0 Å². The third kappa shape index (κ3) is 4.74. The number of carbonyl (C=O) groups excluding carboxylic acids is 2. The minimum absolute atomic E-state index is 0.0492. The number of carbonyl (C=O) groups is 2. The molecular weight excluding hydrogens is 360 g/mol. The number of benzene rings is 1. The van der Waals surface area contributed by atoms with E-state index in [9.17, 15) is 9.59 Å². The number of rotatable bonds is 3. The van der Waals surface area contributed by atoms with Crippen LogP contribution in [0, 0.1) is 0 Å². The van der Waals surface area contributed by atoms with E-state index in [-0.39, 0.29) is 28.3 Å². The fourth-order valence-corrected chi connectivity index (χ4v) is 2.65. The minimum atomic E-state index is -0.599. The Morgan fingerprint density at radius 3 is 2.00 bits per heavy atom. The molecule has 0 aliphatic carbocycles. The van der Waals surface area contributed by atoms with Gasteiger partial charge in [0, 0.05) is 19.4 Å². The third-order valence-electron chi connectivity index (χ3n) is 4.08. The van der Waals surface area contributed by atoms with Crippen LogP contribution in [-0.2, 0) is 29.9 Å². The summed E-state index contributed by atoms with van der Waals surface area (Å²) >= 11 is 0. The van der Waals surface area contributed by atoms with Gasteiger partial charge in [-0.25, -0.2) is 0 Å². The highest BCUT2D eigenvalue weighted by Crippen LogP contribution is 2.46. The van der Waals surface area contributed by atoms with E-state index in [2.05, 4.69) is 54.2 Å². The first-order chi connectivity index (χ1) is 12.7. The van der Waals surface area contributed by atoms with Gasteiger partial charge >= 0.3 is 17.9 Å². The number of ether oxygens (including phenoxy) is 4. The average Bonchev–Trinajstić information content (AvgIpc) is 2.49. The fourth-order valence-electron chi connectivity index (χ4n) is 2.65. The van der Waals surface area contributed by atoms with Crippen LogP contribution in [0.1, 0.15) is 66.5 Å². The van der Waals surface area contributed by atoms with Gasteiger partial charge in [-0.3, -0.25) is 9.59 Å². The van der Waals surface area contributed by atoms with Crippen molar-refractivity contribution in [1.29, 1.82) is 0 Å². The van der Waals surface area contributed by atoms with Gasteiger partial charge in [0.1, 0.15) is 0 Å². The van der Waals surface area contributed by atoms with E-state index in [4.69, 9.17) is 18.9 Å². The molecule has 0 bridgehead atoms. The third-order valence-corrected chi connectivity index (χ3v) is 4.08. The van der Waals surface area contributed by atoms with Crippen LogP contribution in [0.3, 0.4) is 0 Å². The van der Waals surface area contributed by atoms with Crippen LogP contribution in [0.5, 0.6) is 11.5 Å². The summed E-state index contributed by atoms with van der Waals surface area (Å²) in [4.78, 5) is 22.9. The largest absolute Gasteiger partial charge is 0.442 e. The van der Waals surface area contributed by atoms with Crippen molar-refractivity contribution in [3.05, 3.63) is 47.3 Å². The molecule has 0 amide bonds. The van der Waals surface area contributed by atoms with Crippen LogP contribution >= 0.6 is 0 Å². The van der Waals surface area contributed by atoms with Crippen LogP contribution < -0.4 is 9.47 Å². The predicted octanol–water partition coefficient (Wildman–Crippen LogP) is 4.86. The Bertz CT molecular complexity index is 862. The fraction of sp³-hybridized carbons (Fsp3) is 0.455. The number of fused-ring (bicyclic) bond motifs is 1. The molecule has 152 valence electrons. The van der Waals surface area contributed by atoms with Crippen LogP contribution in [0.25, 0.3) is 0 Å². The van der Waals surface area contributed by atoms with Crippen molar-refractivity contribution in [3.8, 4) is 11.5 Å². The van der Waals surface area contributed by atoms with Crippen molar-refractivity contribution in [2.75, 3.05) is 0 Å². The molecule has 0 atom stereocenters. The summed E-state index contributed by atoms with van der Waals surface area (Å²) in [5.74, 6) is -0.641. The molecule has 1 heterocycles. The maximum atomic E-state index is 11.5. The Morgan fingerprint density at radius 2 is 1.54 bits per heavy atom. The lowest BCUT2D eigenvalue weighted by Gasteiger charge is -2.31. The SMILES string of the molecule is C=C(OC(C)=O)C1=C(OC(C)=O)Oc2cc(C(C)(C)C)cc(C(C)(C)C)c2O1. The van der Waals surface area contributed by atoms with Crippen molar-refractivity contribution in [3.63, 3.8) is 0 Å². The normalized spacial score (nSPS) is 13.9. The standard InChI is InChI=1S/C22H28O6/c1-12(25-13(2)23)18-20(26-14(3)24)27-17-11-15(21(4,5)6)10-16(19(17)28-18)22(7,8)9/h10-11H,1H2,2-9H3. The maximum absolute atomic E-state index is 11.5. The van der Waals surface area contributed by atoms with Gasteiger partial charge < -0.3 is 18.9 Å². The molecule has 0 saturated heterocycles. The molecule has 0 fully saturated rings. The summed E-state index contributed by atoms with van der Waals surface area (Å²) in [5, 5.41) is 0. The second-order valence-electron chi connectivity index (χ2n) is 8.78. The summed E-state index contributed by atoms with van der Waals surface area (Å²) < 4.78 is 22.1. The molecule has 1 aliphatic rings. The van der Waals surface area contributed by atoms with E-state index in [1.807, 2.05) is 6.07 Å².